The molecule has 0 amide bonds. The molecule has 0 atom stereocenters. The first-order valence-electron chi connectivity index (χ1n) is 10.9. The normalized spacial score (nSPS) is 12.4. The predicted molar refractivity (Wildman–Crippen MR) is 133 cm³/mol. The lowest BCUT2D eigenvalue weighted by molar-refractivity contribution is -0.137. The molecule has 0 aliphatic carbocycles. The highest BCUT2D eigenvalue weighted by atomic mass is 35.5. The fraction of sp³-hybridized carbons (Fsp3) is 0.192. The second-order valence-electron chi connectivity index (χ2n) is 8.57. The van der Waals surface area contributed by atoms with E-state index in [4.69, 9.17) is 11.6 Å². The molecule has 0 saturated heterocycles. The van der Waals surface area contributed by atoms with Gasteiger partial charge in [-0.25, -0.2) is 8.42 Å². The van der Waals surface area contributed by atoms with Crippen LogP contribution < -0.4 is 5.56 Å². The zero-order valence-corrected chi connectivity index (χ0v) is 20.9. The molecule has 1 aromatic heterocycles. The molecular weight excluding hydrogens is 513 g/mol. The summed E-state index contributed by atoms with van der Waals surface area (Å²) < 4.78 is 67.2. The molecular formula is C26H22ClF3N2O3S. The molecule has 0 aliphatic heterocycles. The van der Waals surface area contributed by atoms with Crippen LogP contribution in [-0.4, -0.2) is 17.7 Å². The van der Waals surface area contributed by atoms with E-state index in [1.165, 1.54) is 0 Å². The summed E-state index contributed by atoms with van der Waals surface area (Å²) in [5, 5.41) is 1.21. The number of hydrogen-bond acceptors (Lipinski definition) is 3. The molecule has 188 valence electrons. The number of aromatic nitrogens is 1. The van der Waals surface area contributed by atoms with E-state index in [0.717, 1.165) is 45.1 Å². The van der Waals surface area contributed by atoms with Gasteiger partial charge in [-0.3, -0.25) is 4.79 Å². The van der Waals surface area contributed by atoms with Crippen LogP contribution in [0.2, 0.25) is 5.02 Å². The predicted octanol–water partition coefficient (Wildman–Crippen LogP) is 6.21. The number of H-pyrrole nitrogens is 1. The third kappa shape index (κ3) is 5.48. The third-order valence-corrected chi connectivity index (χ3v) is 8.03. The smallest absolute Gasteiger partial charge is 0.322 e. The summed E-state index contributed by atoms with van der Waals surface area (Å²) in [4.78, 5) is 15.3. The number of aryl methyl sites for hydroxylation is 2. The maximum atomic E-state index is 13.5. The van der Waals surface area contributed by atoms with Gasteiger partial charge in [0.1, 0.15) is 0 Å². The van der Waals surface area contributed by atoms with Crippen LogP contribution in [0.1, 0.15) is 27.8 Å². The molecule has 36 heavy (non-hydrogen) atoms. The van der Waals surface area contributed by atoms with Gasteiger partial charge in [-0.15, -0.1) is 0 Å². The van der Waals surface area contributed by atoms with Crippen molar-refractivity contribution in [3.63, 3.8) is 0 Å². The highest BCUT2D eigenvalue weighted by Crippen LogP contribution is 2.31. The molecule has 5 nitrogen and oxygen atoms in total. The van der Waals surface area contributed by atoms with Crippen molar-refractivity contribution in [3.05, 3.63) is 110 Å². The van der Waals surface area contributed by atoms with E-state index < -0.39 is 27.3 Å². The van der Waals surface area contributed by atoms with Gasteiger partial charge in [-0.1, -0.05) is 23.7 Å². The third-order valence-electron chi connectivity index (χ3n) is 5.97. The molecule has 1 heterocycles. The van der Waals surface area contributed by atoms with E-state index >= 15 is 0 Å². The topological polar surface area (TPSA) is 70.2 Å². The lowest BCUT2D eigenvalue weighted by Gasteiger charge is -2.23. The quantitative estimate of drug-likeness (QED) is 0.320. The fourth-order valence-corrected chi connectivity index (χ4v) is 5.35. The number of nitrogens with zero attached hydrogens (tertiary/aromatic N) is 1. The number of hydrogen-bond donors (Lipinski definition) is 1. The second kappa shape index (κ2) is 9.72. The van der Waals surface area contributed by atoms with Crippen molar-refractivity contribution in [2.24, 2.45) is 0 Å². The number of pyridine rings is 1. The van der Waals surface area contributed by atoms with Crippen molar-refractivity contribution in [1.29, 1.82) is 0 Å². The minimum absolute atomic E-state index is 0.120. The van der Waals surface area contributed by atoms with Crippen molar-refractivity contribution in [1.82, 2.24) is 9.29 Å². The van der Waals surface area contributed by atoms with Crippen molar-refractivity contribution >= 4 is 32.5 Å². The average molecular weight is 535 g/mol. The summed E-state index contributed by atoms with van der Waals surface area (Å²) in [6.45, 7) is 3.45. The van der Waals surface area contributed by atoms with Crippen LogP contribution >= 0.6 is 11.6 Å². The molecule has 0 unspecified atom stereocenters. The Kier molecular flexibility index (Phi) is 7.01. The molecule has 3 aromatic carbocycles. The summed E-state index contributed by atoms with van der Waals surface area (Å²) in [6, 6.07) is 15.2. The minimum atomic E-state index is -4.60. The van der Waals surface area contributed by atoms with E-state index in [1.807, 2.05) is 26.0 Å². The van der Waals surface area contributed by atoms with Gasteiger partial charge in [0.05, 0.1) is 10.5 Å². The summed E-state index contributed by atoms with van der Waals surface area (Å²) in [6.07, 6.45) is -4.60. The van der Waals surface area contributed by atoms with Crippen molar-refractivity contribution in [2.45, 2.75) is 38.0 Å². The van der Waals surface area contributed by atoms with Crippen LogP contribution in [-0.2, 0) is 29.3 Å². The van der Waals surface area contributed by atoms with Gasteiger partial charge < -0.3 is 4.98 Å². The van der Waals surface area contributed by atoms with Crippen molar-refractivity contribution in [3.8, 4) is 0 Å². The van der Waals surface area contributed by atoms with Gasteiger partial charge in [0.15, 0.2) is 0 Å². The number of rotatable bonds is 6. The van der Waals surface area contributed by atoms with Crippen LogP contribution in [0.5, 0.6) is 0 Å². The number of halogens is 4. The SMILES string of the molecule is Cc1cc2cc(CN(Cc3ccc(Cl)cc3)S(=O)(=O)c3ccc(C(F)(F)F)cc3)c(=O)[nH]c2cc1C. The first-order valence-corrected chi connectivity index (χ1v) is 12.7. The molecule has 0 spiro atoms. The highest BCUT2D eigenvalue weighted by Gasteiger charge is 2.32. The van der Waals surface area contributed by atoms with Crippen LogP contribution in [0.15, 0.2) is 76.4 Å². The van der Waals surface area contributed by atoms with E-state index in [0.29, 0.717) is 16.1 Å². The molecule has 10 heteroatoms. The van der Waals surface area contributed by atoms with Crippen LogP contribution in [0.25, 0.3) is 10.9 Å². The molecule has 0 aliphatic rings. The van der Waals surface area contributed by atoms with Crippen LogP contribution in [0.3, 0.4) is 0 Å². The van der Waals surface area contributed by atoms with Gasteiger partial charge in [-0.05, 0) is 90.5 Å². The molecule has 0 saturated carbocycles. The lowest BCUT2D eigenvalue weighted by Crippen LogP contribution is -2.32. The summed E-state index contributed by atoms with van der Waals surface area (Å²) in [7, 11) is -4.27. The zero-order valence-electron chi connectivity index (χ0n) is 19.4. The Balaban J connectivity index is 1.77. The molecule has 4 rings (SSSR count). The second-order valence-corrected chi connectivity index (χ2v) is 10.9. The Bertz CT molecular complexity index is 1580. The van der Waals surface area contributed by atoms with Crippen LogP contribution in [0, 0.1) is 13.8 Å². The number of fused-ring (bicyclic) bond motifs is 1. The average Bonchev–Trinajstić information content (AvgIpc) is 2.81. The number of nitrogens with one attached hydrogen (secondary N) is 1. The monoisotopic (exact) mass is 534 g/mol. The summed E-state index contributed by atoms with van der Waals surface area (Å²) >= 11 is 5.95. The fourth-order valence-electron chi connectivity index (χ4n) is 3.81. The van der Waals surface area contributed by atoms with E-state index in [-0.39, 0.29) is 23.5 Å². The van der Waals surface area contributed by atoms with Gasteiger partial charge in [0.25, 0.3) is 5.56 Å². The first kappa shape index (κ1) is 25.9. The van der Waals surface area contributed by atoms with E-state index in [1.54, 1.807) is 30.3 Å². The number of aromatic amines is 1. The summed E-state index contributed by atoms with van der Waals surface area (Å²) in [5.74, 6) is 0. The maximum Gasteiger partial charge on any atom is 0.416 e. The van der Waals surface area contributed by atoms with Crippen LogP contribution in [0.4, 0.5) is 13.2 Å². The molecule has 1 N–H and O–H groups in total. The first-order chi connectivity index (χ1) is 16.8. The molecule has 4 aromatic rings. The number of sulfonamides is 1. The summed E-state index contributed by atoms with van der Waals surface area (Å²) in [5.41, 5.74) is 2.03. The van der Waals surface area contributed by atoms with Gasteiger partial charge in [0, 0.05) is 29.2 Å². The lowest BCUT2D eigenvalue weighted by atomic mass is 10.0. The standard InChI is InChI=1S/C26H22ClF3N2O3S/c1-16-11-19-13-20(25(33)31-24(19)12-17(16)2)15-32(14-18-3-7-22(27)8-4-18)36(34,35)23-9-5-21(6-10-23)26(28,29)30/h3-13H,14-15H2,1-2H3,(H,31,33). The van der Waals surface area contributed by atoms with Crippen molar-refractivity contribution in [2.75, 3.05) is 0 Å². The van der Waals surface area contributed by atoms with Gasteiger partial charge in [-0.2, -0.15) is 17.5 Å². The van der Waals surface area contributed by atoms with E-state index in [9.17, 15) is 26.4 Å². The Hall–Kier alpha value is -3.14. The van der Waals surface area contributed by atoms with Gasteiger partial charge >= 0.3 is 6.18 Å². The Morgan fingerprint density at radius 2 is 1.50 bits per heavy atom. The Labute approximate surface area is 211 Å². The van der Waals surface area contributed by atoms with E-state index in [2.05, 4.69) is 4.98 Å². The largest absolute Gasteiger partial charge is 0.416 e. The van der Waals surface area contributed by atoms with Crippen molar-refractivity contribution < 1.29 is 21.6 Å². The Morgan fingerprint density at radius 3 is 2.11 bits per heavy atom. The maximum absolute atomic E-state index is 13.5. The van der Waals surface area contributed by atoms with Gasteiger partial charge in [0.2, 0.25) is 10.0 Å². The number of alkyl halides is 3. The molecule has 0 fully saturated rings. The molecule has 0 radical (unpaired) electrons. The number of benzene rings is 3. The highest BCUT2D eigenvalue weighted by molar-refractivity contribution is 7.89. The minimum Gasteiger partial charge on any atom is -0.322 e. The zero-order chi connectivity index (χ0) is 26.3. The molecule has 0 bridgehead atoms. The Morgan fingerprint density at radius 1 is 0.889 bits per heavy atom.